The van der Waals surface area contributed by atoms with Crippen molar-refractivity contribution in [2.24, 2.45) is 0 Å². The first-order valence-electron chi connectivity index (χ1n) is 9.77. The molecule has 0 spiro atoms. The van der Waals surface area contributed by atoms with Crippen LogP contribution in [0, 0.1) is 0 Å². The lowest BCUT2D eigenvalue weighted by Gasteiger charge is -2.05. The van der Waals surface area contributed by atoms with Gasteiger partial charge in [0.1, 0.15) is 11.2 Å². The number of hydrogen-bond acceptors (Lipinski definition) is 2. The van der Waals surface area contributed by atoms with Crippen molar-refractivity contribution in [3.63, 3.8) is 0 Å². The Labute approximate surface area is 175 Å². The van der Waals surface area contributed by atoms with Gasteiger partial charge in [-0.25, -0.2) is 4.98 Å². The number of para-hydroxylation sites is 3. The van der Waals surface area contributed by atoms with Gasteiger partial charge in [-0.3, -0.25) is 8.97 Å². The van der Waals surface area contributed by atoms with Crippen LogP contribution in [0.15, 0.2) is 89.3 Å². The summed E-state index contributed by atoms with van der Waals surface area (Å²) in [7, 11) is 0. The Bertz CT molecular complexity index is 1770. The lowest BCUT2D eigenvalue weighted by Crippen LogP contribution is -1.94. The molecule has 0 atom stereocenters. The zero-order valence-corrected chi connectivity index (χ0v) is 16.5. The summed E-state index contributed by atoms with van der Waals surface area (Å²) in [5.41, 5.74) is 6.91. The van der Waals surface area contributed by atoms with E-state index in [1.807, 2.05) is 54.6 Å². The molecule has 0 aliphatic carbocycles. The van der Waals surface area contributed by atoms with E-state index in [9.17, 15) is 0 Å². The number of halogens is 1. The van der Waals surface area contributed by atoms with Gasteiger partial charge in [0.2, 0.25) is 5.78 Å². The molecule has 0 saturated carbocycles. The smallest absolute Gasteiger partial charge is 0.220 e. The lowest BCUT2D eigenvalue weighted by molar-refractivity contribution is 0.669. The minimum atomic E-state index is 0.704. The Hall–Kier alpha value is -3.76. The molecule has 4 aromatic carbocycles. The molecule has 3 aromatic heterocycles. The maximum atomic E-state index is 6.37. The van der Waals surface area contributed by atoms with Crippen LogP contribution in [-0.2, 0) is 0 Å². The number of furan rings is 1. The number of hydrogen-bond donors (Lipinski definition) is 0. The molecule has 142 valence electrons. The van der Waals surface area contributed by atoms with Crippen LogP contribution in [0.4, 0.5) is 0 Å². The molecule has 7 aromatic rings. The second-order valence-corrected chi connectivity index (χ2v) is 7.92. The fraction of sp³-hybridized carbons (Fsp3) is 0. The largest absolute Gasteiger partial charge is 0.456 e. The fourth-order valence-electron chi connectivity index (χ4n) is 4.48. The summed E-state index contributed by atoms with van der Waals surface area (Å²) >= 11 is 6.37. The van der Waals surface area contributed by atoms with Crippen LogP contribution in [0.1, 0.15) is 0 Å². The lowest BCUT2D eigenvalue weighted by atomic mass is 10.1. The van der Waals surface area contributed by atoms with Crippen molar-refractivity contribution < 1.29 is 4.42 Å². The monoisotopic (exact) mass is 407 g/mol. The Morgan fingerprint density at radius 1 is 0.700 bits per heavy atom. The van der Waals surface area contributed by atoms with Gasteiger partial charge < -0.3 is 4.42 Å². The molecule has 30 heavy (non-hydrogen) atoms. The molecule has 0 unspecified atom stereocenters. The highest BCUT2D eigenvalue weighted by molar-refractivity contribution is 6.31. The molecule has 5 heteroatoms. The number of fused-ring (bicyclic) bond motifs is 8. The van der Waals surface area contributed by atoms with Gasteiger partial charge in [-0.15, -0.1) is 0 Å². The molecule has 0 aliphatic rings. The van der Waals surface area contributed by atoms with Crippen molar-refractivity contribution in [2.75, 3.05) is 0 Å². The molecule has 7 rings (SSSR count). The molecule has 0 aliphatic heterocycles. The number of imidazole rings is 2. The van der Waals surface area contributed by atoms with Crippen LogP contribution in [0.2, 0.25) is 5.02 Å². The summed E-state index contributed by atoms with van der Waals surface area (Å²) in [6, 6.07) is 28.6. The maximum Gasteiger partial charge on any atom is 0.220 e. The molecular weight excluding hydrogens is 394 g/mol. The van der Waals surface area contributed by atoms with Crippen LogP contribution in [0.3, 0.4) is 0 Å². The summed E-state index contributed by atoms with van der Waals surface area (Å²) < 4.78 is 10.4. The molecule has 4 nitrogen and oxygen atoms in total. The SMILES string of the molecule is Clc1ccc2c(c1)n1c3ccccc3nc1n2-c1ccc2oc3ccccc3c2c1. The fourth-order valence-corrected chi connectivity index (χ4v) is 4.65. The van der Waals surface area contributed by atoms with E-state index >= 15 is 0 Å². The van der Waals surface area contributed by atoms with Crippen molar-refractivity contribution >= 4 is 61.4 Å². The number of benzene rings is 4. The third-order valence-corrected chi connectivity index (χ3v) is 6.02. The van der Waals surface area contributed by atoms with Crippen LogP contribution in [0.25, 0.3) is 55.5 Å². The van der Waals surface area contributed by atoms with Gasteiger partial charge in [0.25, 0.3) is 0 Å². The Kier molecular flexibility index (Phi) is 3.03. The van der Waals surface area contributed by atoms with Crippen LogP contribution in [0.5, 0.6) is 0 Å². The zero-order valence-electron chi connectivity index (χ0n) is 15.7. The van der Waals surface area contributed by atoms with Crippen molar-refractivity contribution in [3.05, 3.63) is 90.0 Å². The Balaban J connectivity index is 1.65. The summed E-state index contributed by atoms with van der Waals surface area (Å²) in [5.74, 6) is 0.862. The summed E-state index contributed by atoms with van der Waals surface area (Å²) in [6.07, 6.45) is 0. The van der Waals surface area contributed by atoms with Gasteiger partial charge in [-0.1, -0.05) is 41.9 Å². The zero-order chi connectivity index (χ0) is 19.8. The predicted octanol–water partition coefficient (Wildman–Crippen LogP) is 6.98. The Morgan fingerprint density at radius 2 is 1.53 bits per heavy atom. The van der Waals surface area contributed by atoms with Crippen molar-refractivity contribution in [1.29, 1.82) is 0 Å². The van der Waals surface area contributed by atoms with E-state index in [0.29, 0.717) is 5.02 Å². The number of aromatic nitrogens is 3. The van der Waals surface area contributed by atoms with Gasteiger partial charge in [0.15, 0.2) is 0 Å². The molecule has 0 amide bonds. The molecule has 0 fully saturated rings. The molecule has 0 radical (unpaired) electrons. The molecule has 0 N–H and O–H groups in total. The van der Waals surface area contributed by atoms with Crippen molar-refractivity contribution in [3.8, 4) is 5.69 Å². The first-order chi connectivity index (χ1) is 14.8. The van der Waals surface area contributed by atoms with Crippen molar-refractivity contribution in [1.82, 2.24) is 14.0 Å². The minimum absolute atomic E-state index is 0.704. The van der Waals surface area contributed by atoms with E-state index < -0.39 is 0 Å². The van der Waals surface area contributed by atoms with E-state index in [0.717, 1.165) is 55.5 Å². The molecular formula is C25H14ClN3O. The quantitative estimate of drug-likeness (QED) is 0.294. The van der Waals surface area contributed by atoms with Gasteiger partial charge in [-0.05, 0) is 54.6 Å². The summed E-state index contributed by atoms with van der Waals surface area (Å²) in [5, 5.41) is 2.90. The van der Waals surface area contributed by atoms with E-state index in [2.05, 4.69) is 39.3 Å². The summed E-state index contributed by atoms with van der Waals surface area (Å²) in [6.45, 7) is 0. The molecule has 3 heterocycles. The average molecular weight is 408 g/mol. The Morgan fingerprint density at radius 3 is 2.50 bits per heavy atom. The number of nitrogens with zero attached hydrogens (tertiary/aromatic N) is 3. The van der Waals surface area contributed by atoms with Gasteiger partial charge >= 0.3 is 0 Å². The third-order valence-electron chi connectivity index (χ3n) is 5.78. The predicted molar refractivity (Wildman–Crippen MR) is 122 cm³/mol. The second-order valence-electron chi connectivity index (χ2n) is 7.48. The minimum Gasteiger partial charge on any atom is -0.456 e. The van der Waals surface area contributed by atoms with Gasteiger partial charge in [0, 0.05) is 15.8 Å². The third kappa shape index (κ3) is 2.03. The van der Waals surface area contributed by atoms with E-state index in [1.165, 1.54) is 0 Å². The van der Waals surface area contributed by atoms with E-state index in [-0.39, 0.29) is 0 Å². The highest BCUT2D eigenvalue weighted by Gasteiger charge is 2.18. The maximum absolute atomic E-state index is 6.37. The standard InChI is InChI=1S/C25H14ClN3O/c26-15-9-11-21-22(13-15)29-20-7-3-2-6-19(20)27-25(29)28(21)16-10-12-24-18(14-16)17-5-1-4-8-23(17)30-24/h1-14H. The first kappa shape index (κ1) is 16.1. The molecule has 0 bridgehead atoms. The van der Waals surface area contributed by atoms with Crippen molar-refractivity contribution in [2.45, 2.75) is 0 Å². The molecule has 0 saturated heterocycles. The highest BCUT2D eigenvalue weighted by Crippen LogP contribution is 2.34. The van der Waals surface area contributed by atoms with Crippen LogP contribution < -0.4 is 0 Å². The summed E-state index contributed by atoms with van der Waals surface area (Å²) in [4.78, 5) is 4.95. The van der Waals surface area contributed by atoms with Crippen LogP contribution in [-0.4, -0.2) is 14.0 Å². The van der Waals surface area contributed by atoms with Crippen LogP contribution >= 0.6 is 11.6 Å². The second kappa shape index (κ2) is 5.65. The first-order valence-corrected chi connectivity index (χ1v) is 10.1. The van der Waals surface area contributed by atoms with E-state index in [4.69, 9.17) is 21.0 Å². The number of rotatable bonds is 1. The van der Waals surface area contributed by atoms with Gasteiger partial charge in [0.05, 0.1) is 27.8 Å². The van der Waals surface area contributed by atoms with Gasteiger partial charge in [-0.2, -0.15) is 0 Å². The highest BCUT2D eigenvalue weighted by atomic mass is 35.5. The topological polar surface area (TPSA) is 35.4 Å². The average Bonchev–Trinajstić information content (AvgIpc) is 3.41. The van der Waals surface area contributed by atoms with E-state index in [1.54, 1.807) is 0 Å². The normalized spacial score (nSPS) is 12.2.